The SMILES string of the molecule is CC(OC(=O)COCCc1ccccc1)OC(=O)COCc1ccccc1. The van der Waals surface area contributed by atoms with Crippen molar-refractivity contribution in [1.82, 2.24) is 0 Å². The van der Waals surface area contributed by atoms with E-state index in [2.05, 4.69) is 0 Å². The van der Waals surface area contributed by atoms with Crippen LogP contribution in [-0.4, -0.2) is 38.0 Å². The van der Waals surface area contributed by atoms with Gasteiger partial charge in [0.1, 0.15) is 13.2 Å². The summed E-state index contributed by atoms with van der Waals surface area (Å²) in [6, 6.07) is 19.3. The van der Waals surface area contributed by atoms with Crippen LogP contribution in [0.2, 0.25) is 0 Å². The number of benzene rings is 2. The average Bonchev–Trinajstić information content (AvgIpc) is 2.67. The molecule has 1 unspecified atom stereocenters. The molecular formula is C21H24O6. The molecule has 27 heavy (non-hydrogen) atoms. The molecule has 144 valence electrons. The molecule has 2 aromatic carbocycles. The smallest absolute Gasteiger partial charge is 0.335 e. The summed E-state index contributed by atoms with van der Waals surface area (Å²) < 4.78 is 20.5. The van der Waals surface area contributed by atoms with Crippen molar-refractivity contribution >= 4 is 11.9 Å². The fourth-order valence-corrected chi connectivity index (χ4v) is 2.28. The zero-order valence-electron chi connectivity index (χ0n) is 15.3. The summed E-state index contributed by atoms with van der Waals surface area (Å²) >= 11 is 0. The van der Waals surface area contributed by atoms with Crippen molar-refractivity contribution in [2.75, 3.05) is 19.8 Å². The van der Waals surface area contributed by atoms with E-state index < -0.39 is 18.2 Å². The van der Waals surface area contributed by atoms with Gasteiger partial charge in [0, 0.05) is 6.92 Å². The highest BCUT2D eigenvalue weighted by Gasteiger charge is 2.14. The van der Waals surface area contributed by atoms with Crippen LogP contribution in [0, 0.1) is 0 Å². The molecule has 0 fully saturated rings. The largest absolute Gasteiger partial charge is 0.424 e. The Kier molecular flexibility index (Phi) is 9.03. The second-order valence-electron chi connectivity index (χ2n) is 5.81. The van der Waals surface area contributed by atoms with Gasteiger partial charge in [0.25, 0.3) is 0 Å². The molecule has 0 spiro atoms. The average molecular weight is 372 g/mol. The topological polar surface area (TPSA) is 71.1 Å². The van der Waals surface area contributed by atoms with E-state index in [0.717, 1.165) is 11.1 Å². The summed E-state index contributed by atoms with van der Waals surface area (Å²) in [7, 11) is 0. The van der Waals surface area contributed by atoms with Gasteiger partial charge in [0.2, 0.25) is 6.29 Å². The van der Waals surface area contributed by atoms with Gasteiger partial charge >= 0.3 is 11.9 Å². The van der Waals surface area contributed by atoms with Crippen molar-refractivity contribution in [3.05, 3.63) is 71.8 Å². The molecule has 1 atom stereocenters. The van der Waals surface area contributed by atoms with Crippen LogP contribution in [0.3, 0.4) is 0 Å². The minimum absolute atomic E-state index is 0.195. The lowest BCUT2D eigenvalue weighted by molar-refractivity contribution is -0.190. The van der Waals surface area contributed by atoms with E-state index in [9.17, 15) is 9.59 Å². The quantitative estimate of drug-likeness (QED) is 0.343. The van der Waals surface area contributed by atoms with Gasteiger partial charge in [-0.05, 0) is 17.5 Å². The molecule has 0 saturated heterocycles. The Morgan fingerprint density at radius 3 is 1.89 bits per heavy atom. The third kappa shape index (κ3) is 8.99. The summed E-state index contributed by atoms with van der Waals surface area (Å²) in [4.78, 5) is 23.3. The summed E-state index contributed by atoms with van der Waals surface area (Å²) in [5.41, 5.74) is 2.08. The predicted molar refractivity (Wildman–Crippen MR) is 98.7 cm³/mol. The second kappa shape index (κ2) is 11.8. The van der Waals surface area contributed by atoms with Gasteiger partial charge < -0.3 is 18.9 Å². The van der Waals surface area contributed by atoms with Crippen molar-refractivity contribution in [3.8, 4) is 0 Å². The highest BCUT2D eigenvalue weighted by atomic mass is 16.7. The molecule has 0 heterocycles. The maximum Gasteiger partial charge on any atom is 0.335 e. The maximum absolute atomic E-state index is 11.7. The molecule has 2 rings (SSSR count). The first-order chi connectivity index (χ1) is 13.1. The number of ether oxygens (including phenoxy) is 4. The second-order valence-corrected chi connectivity index (χ2v) is 5.81. The van der Waals surface area contributed by atoms with Crippen molar-refractivity contribution in [2.45, 2.75) is 26.2 Å². The van der Waals surface area contributed by atoms with Gasteiger partial charge in [-0.3, -0.25) is 0 Å². The fraction of sp³-hybridized carbons (Fsp3) is 0.333. The fourth-order valence-electron chi connectivity index (χ4n) is 2.28. The molecule has 0 amide bonds. The highest BCUT2D eigenvalue weighted by molar-refractivity contribution is 5.72. The van der Waals surface area contributed by atoms with Crippen LogP contribution < -0.4 is 0 Å². The van der Waals surface area contributed by atoms with Gasteiger partial charge in [-0.2, -0.15) is 0 Å². The molecule has 0 saturated carbocycles. The standard InChI is InChI=1S/C21H24O6/c1-17(27-21(23)16-25-14-19-10-6-3-7-11-19)26-20(22)15-24-13-12-18-8-4-2-5-9-18/h2-11,17H,12-16H2,1H3. The zero-order chi connectivity index (χ0) is 19.3. The molecule has 6 nitrogen and oxygen atoms in total. The van der Waals surface area contributed by atoms with Crippen LogP contribution in [0.15, 0.2) is 60.7 Å². The first-order valence-corrected chi connectivity index (χ1v) is 8.76. The molecule has 0 aliphatic carbocycles. The molecule has 6 heteroatoms. The van der Waals surface area contributed by atoms with Crippen molar-refractivity contribution in [3.63, 3.8) is 0 Å². The number of carbonyl (C=O) groups excluding carboxylic acids is 2. The Morgan fingerprint density at radius 2 is 1.30 bits per heavy atom. The third-order valence-electron chi connectivity index (χ3n) is 3.52. The van der Waals surface area contributed by atoms with Crippen LogP contribution in [0.1, 0.15) is 18.1 Å². The molecule has 0 aliphatic rings. The molecular weight excluding hydrogens is 348 g/mol. The van der Waals surface area contributed by atoms with Gasteiger partial charge in [0.15, 0.2) is 0 Å². The van der Waals surface area contributed by atoms with Crippen molar-refractivity contribution < 1.29 is 28.5 Å². The monoisotopic (exact) mass is 372 g/mol. The molecule has 2 aromatic rings. The number of esters is 2. The van der Waals surface area contributed by atoms with Gasteiger partial charge in [-0.25, -0.2) is 9.59 Å². The Morgan fingerprint density at radius 1 is 0.778 bits per heavy atom. The van der Waals surface area contributed by atoms with Gasteiger partial charge in [0.05, 0.1) is 13.2 Å². The Bertz CT molecular complexity index is 686. The number of hydrogen-bond acceptors (Lipinski definition) is 6. The maximum atomic E-state index is 11.7. The van der Waals surface area contributed by atoms with Crippen LogP contribution in [0.5, 0.6) is 0 Å². The first-order valence-electron chi connectivity index (χ1n) is 8.76. The van der Waals surface area contributed by atoms with Gasteiger partial charge in [-0.1, -0.05) is 60.7 Å². The summed E-state index contributed by atoms with van der Waals surface area (Å²) in [6.45, 7) is 1.76. The lowest BCUT2D eigenvalue weighted by atomic mass is 10.2. The summed E-state index contributed by atoms with van der Waals surface area (Å²) in [6.07, 6.45) is -0.291. The van der Waals surface area contributed by atoms with Gasteiger partial charge in [-0.15, -0.1) is 0 Å². The van der Waals surface area contributed by atoms with Crippen LogP contribution in [0.4, 0.5) is 0 Å². The Hall–Kier alpha value is -2.70. The normalized spacial score (nSPS) is 11.6. The van der Waals surface area contributed by atoms with E-state index in [1.54, 1.807) is 0 Å². The zero-order valence-corrected chi connectivity index (χ0v) is 15.3. The first kappa shape index (κ1) is 20.6. The minimum Gasteiger partial charge on any atom is -0.424 e. The number of carbonyl (C=O) groups is 2. The Labute approximate surface area is 159 Å². The lowest BCUT2D eigenvalue weighted by Gasteiger charge is -2.14. The van der Waals surface area contributed by atoms with Crippen LogP contribution in [-0.2, 0) is 41.6 Å². The highest BCUT2D eigenvalue weighted by Crippen LogP contribution is 2.02. The number of hydrogen-bond donors (Lipinski definition) is 0. The van der Waals surface area contributed by atoms with E-state index in [-0.39, 0.29) is 13.2 Å². The minimum atomic E-state index is -0.997. The molecule has 0 radical (unpaired) electrons. The summed E-state index contributed by atoms with van der Waals surface area (Å²) in [5, 5.41) is 0. The molecule has 0 aromatic heterocycles. The lowest BCUT2D eigenvalue weighted by Crippen LogP contribution is -2.26. The van der Waals surface area contributed by atoms with E-state index in [1.807, 2.05) is 60.7 Å². The van der Waals surface area contributed by atoms with E-state index >= 15 is 0 Å². The van der Waals surface area contributed by atoms with Crippen molar-refractivity contribution in [1.29, 1.82) is 0 Å². The Balaban J connectivity index is 1.53. The molecule has 0 bridgehead atoms. The van der Waals surface area contributed by atoms with E-state index in [0.29, 0.717) is 19.6 Å². The predicted octanol–water partition coefficient (Wildman–Crippen LogP) is 2.89. The van der Waals surface area contributed by atoms with Crippen LogP contribution in [0.25, 0.3) is 0 Å². The van der Waals surface area contributed by atoms with E-state index in [1.165, 1.54) is 6.92 Å². The summed E-state index contributed by atoms with van der Waals surface area (Å²) in [5.74, 6) is -1.19. The van der Waals surface area contributed by atoms with Crippen LogP contribution >= 0.6 is 0 Å². The molecule has 0 aliphatic heterocycles. The van der Waals surface area contributed by atoms with E-state index in [4.69, 9.17) is 18.9 Å². The third-order valence-corrected chi connectivity index (χ3v) is 3.52. The number of rotatable bonds is 11. The van der Waals surface area contributed by atoms with Crippen molar-refractivity contribution in [2.24, 2.45) is 0 Å². The molecule has 0 N–H and O–H groups in total.